The molecule has 0 radical (unpaired) electrons. The van der Waals surface area contributed by atoms with Crippen LogP contribution in [-0.2, 0) is 12.6 Å². The van der Waals surface area contributed by atoms with Gasteiger partial charge in [0.15, 0.2) is 5.78 Å². The maximum Gasteiger partial charge on any atom is 0.433 e. The minimum absolute atomic E-state index is 0.141. The van der Waals surface area contributed by atoms with Crippen molar-refractivity contribution in [2.75, 3.05) is 0 Å². The molecule has 0 aliphatic carbocycles. The highest BCUT2D eigenvalue weighted by Crippen LogP contribution is 2.33. The number of halogens is 5. The van der Waals surface area contributed by atoms with Gasteiger partial charge in [-0.1, -0.05) is 23.2 Å². The largest absolute Gasteiger partial charge is 0.433 e. The first kappa shape index (κ1) is 18.7. The lowest BCUT2D eigenvalue weighted by atomic mass is 10.0. The van der Waals surface area contributed by atoms with E-state index in [0.717, 1.165) is 6.07 Å². The molecule has 0 saturated heterocycles. The topological polar surface area (TPSA) is 45.8 Å². The predicted molar refractivity (Wildman–Crippen MR) is 95.1 cm³/mol. The molecule has 1 aromatic carbocycles. The van der Waals surface area contributed by atoms with E-state index in [9.17, 15) is 18.0 Å². The normalized spacial score (nSPS) is 12.0. The summed E-state index contributed by atoms with van der Waals surface area (Å²) in [6.07, 6.45) is -4.29. The van der Waals surface area contributed by atoms with Crippen molar-refractivity contribution in [2.24, 2.45) is 0 Å². The number of rotatable bonds is 3. The van der Waals surface area contributed by atoms with Crippen molar-refractivity contribution in [3.05, 3.63) is 62.4 Å². The molecule has 0 saturated carbocycles. The number of hydrogen-bond acceptors (Lipinski definition) is 2. The van der Waals surface area contributed by atoms with E-state index in [1.54, 1.807) is 25.1 Å². The van der Waals surface area contributed by atoms with E-state index in [0.29, 0.717) is 32.8 Å². The molecule has 26 heavy (non-hydrogen) atoms. The molecule has 0 aliphatic rings. The Bertz CT molecular complexity index is 1030. The van der Waals surface area contributed by atoms with Gasteiger partial charge in [-0.3, -0.25) is 4.79 Å². The van der Waals surface area contributed by atoms with Crippen molar-refractivity contribution < 1.29 is 18.0 Å². The van der Waals surface area contributed by atoms with Gasteiger partial charge in [-0.25, -0.2) is 4.98 Å². The van der Waals surface area contributed by atoms with E-state index in [1.165, 1.54) is 6.92 Å². The average molecular weight is 401 g/mol. The molecule has 0 fully saturated rings. The molecular weight excluding hydrogens is 388 g/mol. The van der Waals surface area contributed by atoms with Crippen LogP contribution in [0.4, 0.5) is 13.2 Å². The van der Waals surface area contributed by atoms with E-state index in [1.807, 2.05) is 0 Å². The first-order valence-electron chi connectivity index (χ1n) is 7.62. The van der Waals surface area contributed by atoms with Crippen LogP contribution in [0.25, 0.3) is 11.0 Å². The Morgan fingerprint density at radius 3 is 2.54 bits per heavy atom. The summed E-state index contributed by atoms with van der Waals surface area (Å²) in [5, 5.41) is 1.20. The Morgan fingerprint density at radius 2 is 1.92 bits per heavy atom. The number of hydrogen-bond donors (Lipinski definition) is 1. The van der Waals surface area contributed by atoms with Gasteiger partial charge in [0.25, 0.3) is 0 Å². The molecule has 3 aromatic rings. The number of benzene rings is 1. The number of H-pyrrole nitrogens is 1. The van der Waals surface area contributed by atoms with Crippen molar-refractivity contribution >= 4 is 40.0 Å². The number of pyridine rings is 1. The third kappa shape index (κ3) is 3.44. The van der Waals surface area contributed by atoms with Gasteiger partial charge >= 0.3 is 6.18 Å². The van der Waals surface area contributed by atoms with Gasteiger partial charge in [0, 0.05) is 28.1 Å². The Morgan fingerprint density at radius 1 is 1.23 bits per heavy atom. The highest BCUT2D eigenvalue weighted by molar-refractivity contribution is 6.38. The molecule has 1 N–H and O–H groups in total. The summed E-state index contributed by atoms with van der Waals surface area (Å²) in [4.78, 5) is 18.2. The van der Waals surface area contributed by atoms with Crippen LogP contribution in [0.15, 0.2) is 24.3 Å². The van der Waals surface area contributed by atoms with Crippen LogP contribution in [-0.4, -0.2) is 15.8 Å². The van der Waals surface area contributed by atoms with Crippen molar-refractivity contribution in [2.45, 2.75) is 26.4 Å². The summed E-state index contributed by atoms with van der Waals surface area (Å²) in [6.45, 7) is 2.99. The summed E-state index contributed by atoms with van der Waals surface area (Å²) >= 11 is 12.5. The van der Waals surface area contributed by atoms with Gasteiger partial charge in [-0.15, -0.1) is 0 Å². The minimum Gasteiger partial charge on any atom is -0.343 e. The second kappa shape index (κ2) is 6.59. The molecule has 3 rings (SSSR count). The number of fused-ring (bicyclic) bond motifs is 1. The molecule has 8 heteroatoms. The van der Waals surface area contributed by atoms with Gasteiger partial charge in [0.2, 0.25) is 0 Å². The first-order valence-corrected chi connectivity index (χ1v) is 8.37. The van der Waals surface area contributed by atoms with E-state index in [4.69, 9.17) is 23.2 Å². The van der Waals surface area contributed by atoms with Gasteiger partial charge in [-0.2, -0.15) is 13.2 Å². The van der Waals surface area contributed by atoms with Gasteiger partial charge < -0.3 is 4.98 Å². The lowest BCUT2D eigenvalue weighted by molar-refractivity contribution is -0.141. The third-order valence-corrected chi connectivity index (χ3v) is 4.87. The molecule has 2 heterocycles. The van der Waals surface area contributed by atoms with E-state index >= 15 is 0 Å². The highest BCUT2D eigenvalue weighted by atomic mass is 35.5. The summed E-state index contributed by atoms with van der Waals surface area (Å²) in [7, 11) is 0. The number of aromatic amines is 1. The van der Waals surface area contributed by atoms with Crippen molar-refractivity contribution in [1.29, 1.82) is 0 Å². The molecule has 2 aromatic heterocycles. The van der Waals surface area contributed by atoms with Crippen LogP contribution in [0.5, 0.6) is 0 Å². The van der Waals surface area contributed by atoms with E-state index in [2.05, 4.69) is 9.97 Å². The fourth-order valence-corrected chi connectivity index (χ4v) is 3.42. The van der Waals surface area contributed by atoms with Crippen LogP contribution in [0, 0.1) is 6.92 Å². The van der Waals surface area contributed by atoms with Crippen molar-refractivity contribution in [3.8, 4) is 0 Å². The van der Waals surface area contributed by atoms with Crippen molar-refractivity contribution in [3.63, 3.8) is 0 Å². The number of carbonyl (C=O) groups excluding carboxylic acids is 1. The Balaban J connectivity index is 2.07. The second-order valence-electron chi connectivity index (χ2n) is 6.00. The smallest absolute Gasteiger partial charge is 0.343 e. The monoisotopic (exact) mass is 400 g/mol. The number of Topliss-reactive ketones (excluding diaryl/α,β-unsaturated/α-hetero) is 1. The molecule has 0 unspecified atom stereocenters. The number of aromatic nitrogens is 2. The predicted octanol–water partition coefficient (Wildman–Crippen LogP) is 5.99. The Hall–Kier alpha value is -2.05. The van der Waals surface area contributed by atoms with E-state index < -0.39 is 11.9 Å². The van der Waals surface area contributed by atoms with Gasteiger partial charge in [-0.05, 0) is 49.2 Å². The number of nitrogens with zero attached hydrogens (tertiary/aromatic N) is 1. The molecule has 0 amide bonds. The van der Waals surface area contributed by atoms with Crippen LogP contribution >= 0.6 is 23.2 Å². The van der Waals surface area contributed by atoms with Gasteiger partial charge in [0.05, 0.1) is 5.02 Å². The fraction of sp³-hybridized carbons (Fsp3) is 0.222. The minimum atomic E-state index is -4.52. The second-order valence-corrected chi connectivity index (χ2v) is 6.78. The SMILES string of the molecule is CC(=O)c1ccc(Cl)c(Cc2cc3c(C)cc(C(F)(F)F)nc3[nH]2)c1Cl. The number of ketones is 1. The maximum absolute atomic E-state index is 12.9. The molecule has 3 nitrogen and oxygen atoms in total. The summed E-state index contributed by atoms with van der Waals surface area (Å²) in [5.74, 6) is -0.197. The Labute approximate surface area is 157 Å². The zero-order chi connectivity index (χ0) is 19.2. The van der Waals surface area contributed by atoms with Gasteiger partial charge in [0.1, 0.15) is 11.3 Å². The van der Waals surface area contributed by atoms with Crippen LogP contribution in [0.3, 0.4) is 0 Å². The zero-order valence-electron chi connectivity index (χ0n) is 13.8. The Kier molecular flexibility index (Phi) is 4.75. The lowest BCUT2D eigenvalue weighted by Crippen LogP contribution is -2.08. The highest BCUT2D eigenvalue weighted by Gasteiger charge is 2.33. The maximum atomic E-state index is 12.9. The van der Waals surface area contributed by atoms with Crippen LogP contribution in [0.1, 0.15) is 39.8 Å². The summed E-state index contributed by atoms with van der Waals surface area (Å²) < 4.78 is 38.8. The number of nitrogens with one attached hydrogen (secondary N) is 1. The van der Waals surface area contributed by atoms with Crippen LogP contribution < -0.4 is 0 Å². The van der Waals surface area contributed by atoms with E-state index in [-0.39, 0.29) is 22.9 Å². The van der Waals surface area contributed by atoms with Crippen molar-refractivity contribution in [1.82, 2.24) is 9.97 Å². The molecule has 0 aliphatic heterocycles. The van der Waals surface area contributed by atoms with Crippen LogP contribution in [0.2, 0.25) is 10.0 Å². The first-order chi connectivity index (χ1) is 12.1. The fourth-order valence-electron chi connectivity index (χ4n) is 2.78. The molecule has 0 atom stereocenters. The standard InChI is InChI=1S/C18H13Cl2F3N2O/c1-8-5-15(18(21,22)23)25-17-12(8)6-10(24-17)7-13-14(19)4-3-11(9(2)26)16(13)20/h3-6H,7H2,1-2H3,(H,24,25). The number of carbonyl (C=O) groups is 1. The lowest BCUT2D eigenvalue weighted by Gasteiger charge is -2.09. The summed E-state index contributed by atoms with van der Waals surface area (Å²) in [5.41, 5.74) is 1.11. The summed E-state index contributed by atoms with van der Waals surface area (Å²) in [6, 6.07) is 5.84. The quantitative estimate of drug-likeness (QED) is 0.548. The number of aryl methyl sites for hydroxylation is 1. The molecule has 136 valence electrons. The zero-order valence-corrected chi connectivity index (χ0v) is 15.3. The molecule has 0 spiro atoms. The number of alkyl halides is 3. The molecule has 0 bridgehead atoms. The average Bonchev–Trinajstić information content (AvgIpc) is 2.93. The third-order valence-electron chi connectivity index (χ3n) is 4.09. The molecular formula is C18H13Cl2F3N2O.